The molecule has 1 unspecified atom stereocenters. The van der Waals surface area contributed by atoms with Crippen LogP contribution in [0.3, 0.4) is 0 Å². The van der Waals surface area contributed by atoms with Gasteiger partial charge in [-0.05, 0) is 30.4 Å². The fourth-order valence-corrected chi connectivity index (χ4v) is 4.37. The number of benzene rings is 1. The van der Waals surface area contributed by atoms with E-state index in [1.165, 1.54) is 23.5 Å². The number of H-pyrrole nitrogens is 1. The zero-order chi connectivity index (χ0) is 19.7. The average molecular weight is 421 g/mol. The Morgan fingerprint density at radius 1 is 1.43 bits per heavy atom. The van der Waals surface area contributed by atoms with Crippen molar-refractivity contribution in [1.29, 1.82) is 0 Å². The molecule has 9 heteroatoms. The van der Waals surface area contributed by atoms with E-state index >= 15 is 0 Å². The summed E-state index contributed by atoms with van der Waals surface area (Å²) in [7, 11) is 0. The van der Waals surface area contributed by atoms with Crippen LogP contribution in [0.5, 0.6) is 5.75 Å². The van der Waals surface area contributed by atoms with Gasteiger partial charge in [0.15, 0.2) is 0 Å². The largest absolute Gasteiger partial charge is 0.492 e. The lowest BCUT2D eigenvalue weighted by atomic mass is 10.1. The van der Waals surface area contributed by atoms with Crippen LogP contribution in [-0.4, -0.2) is 29.2 Å². The molecule has 1 atom stereocenters. The number of nitrogens with one attached hydrogen (secondary N) is 1. The molecule has 0 spiro atoms. The molecule has 7 nitrogen and oxygen atoms in total. The molecule has 1 fully saturated rings. The first-order valence-electron chi connectivity index (χ1n) is 8.87. The Kier molecular flexibility index (Phi) is 5.34. The highest BCUT2D eigenvalue weighted by atomic mass is 35.5. The molecule has 1 aliphatic rings. The average Bonchev–Trinajstić information content (AvgIpc) is 3.34. The molecule has 28 heavy (non-hydrogen) atoms. The molecule has 0 aliphatic carbocycles. The molecule has 1 aromatic carbocycles. The van der Waals surface area contributed by atoms with E-state index in [0.29, 0.717) is 35.2 Å². The lowest BCUT2D eigenvalue weighted by molar-refractivity contribution is -0.384. The third-order valence-corrected chi connectivity index (χ3v) is 5.90. The van der Waals surface area contributed by atoms with Gasteiger partial charge in [0.05, 0.1) is 28.7 Å². The van der Waals surface area contributed by atoms with Crippen LogP contribution in [-0.2, 0) is 4.74 Å². The van der Waals surface area contributed by atoms with E-state index in [4.69, 9.17) is 21.1 Å². The standard InChI is InChI=1S/C19H17ClN2O5S/c20-13-10-14-12(9-15(13)22(24)25)18(27-7-5-11-3-1-6-26-11)17(19(23)21-14)16-4-2-8-28-16/h2,4,8-11H,1,3,5-7H2,(H,21,23). The summed E-state index contributed by atoms with van der Waals surface area (Å²) in [5, 5.41) is 13.6. The number of nitro groups is 1. The zero-order valence-electron chi connectivity index (χ0n) is 14.8. The predicted octanol–water partition coefficient (Wildman–Crippen LogP) is 4.77. The molecule has 146 valence electrons. The molecule has 2 aromatic heterocycles. The first-order chi connectivity index (χ1) is 13.5. The van der Waals surface area contributed by atoms with Crippen molar-refractivity contribution in [2.45, 2.75) is 25.4 Å². The Balaban J connectivity index is 1.83. The maximum Gasteiger partial charge on any atom is 0.288 e. The molecule has 3 aromatic rings. The number of thiophene rings is 1. The molecule has 3 heterocycles. The normalized spacial score (nSPS) is 16.5. The van der Waals surface area contributed by atoms with E-state index < -0.39 is 4.92 Å². The number of rotatable bonds is 6. The Labute approximate surface area is 169 Å². The van der Waals surface area contributed by atoms with Crippen molar-refractivity contribution in [3.8, 4) is 16.2 Å². The second kappa shape index (κ2) is 7.90. The monoisotopic (exact) mass is 420 g/mol. The van der Waals surface area contributed by atoms with Crippen molar-refractivity contribution in [3.63, 3.8) is 0 Å². The van der Waals surface area contributed by atoms with Crippen molar-refractivity contribution >= 4 is 39.5 Å². The number of aromatic nitrogens is 1. The molecular weight excluding hydrogens is 404 g/mol. The lowest BCUT2D eigenvalue weighted by Crippen LogP contribution is -2.15. The van der Waals surface area contributed by atoms with Crippen LogP contribution >= 0.6 is 22.9 Å². The number of fused-ring (bicyclic) bond motifs is 1. The highest BCUT2D eigenvalue weighted by Crippen LogP contribution is 2.39. The van der Waals surface area contributed by atoms with E-state index in [1.807, 2.05) is 17.5 Å². The van der Waals surface area contributed by atoms with E-state index in [2.05, 4.69) is 4.98 Å². The number of ether oxygens (including phenoxy) is 2. The van der Waals surface area contributed by atoms with E-state index in [-0.39, 0.29) is 22.4 Å². The second-order valence-electron chi connectivity index (χ2n) is 6.51. The van der Waals surface area contributed by atoms with Crippen LogP contribution < -0.4 is 10.3 Å². The Morgan fingerprint density at radius 2 is 2.29 bits per heavy atom. The van der Waals surface area contributed by atoms with Crippen LogP contribution in [0.4, 0.5) is 5.69 Å². The first kappa shape index (κ1) is 18.9. The number of halogens is 1. The molecule has 4 rings (SSSR count). The number of aromatic amines is 1. The summed E-state index contributed by atoms with van der Waals surface area (Å²) in [5.41, 5.74) is 0.203. The summed E-state index contributed by atoms with van der Waals surface area (Å²) in [5.74, 6) is 0.332. The highest BCUT2D eigenvalue weighted by molar-refractivity contribution is 7.13. The second-order valence-corrected chi connectivity index (χ2v) is 7.87. The van der Waals surface area contributed by atoms with Crippen molar-refractivity contribution in [1.82, 2.24) is 4.98 Å². The maximum atomic E-state index is 12.8. The minimum Gasteiger partial charge on any atom is -0.492 e. The molecule has 1 aliphatic heterocycles. The van der Waals surface area contributed by atoms with Gasteiger partial charge in [-0.2, -0.15) is 0 Å². The molecule has 0 radical (unpaired) electrons. The molecule has 1 saturated heterocycles. The molecule has 0 saturated carbocycles. The number of hydrogen-bond acceptors (Lipinski definition) is 6. The quantitative estimate of drug-likeness (QED) is 0.458. The number of nitro benzene ring substituents is 1. The van der Waals surface area contributed by atoms with Gasteiger partial charge in [0.2, 0.25) is 0 Å². The maximum absolute atomic E-state index is 12.8. The van der Waals surface area contributed by atoms with Crippen molar-refractivity contribution < 1.29 is 14.4 Å². The van der Waals surface area contributed by atoms with Crippen molar-refractivity contribution in [2.24, 2.45) is 0 Å². The Morgan fingerprint density at radius 3 is 2.96 bits per heavy atom. The Bertz CT molecular complexity index is 1070. The van der Waals surface area contributed by atoms with E-state index in [1.54, 1.807) is 0 Å². The van der Waals surface area contributed by atoms with E-state index in [0.717, 1.165) is 24.3 Å². The summed E-state index contributed by atoms with van der Waals surface area (Å²) in [4.78, 5) is 27.1. The Hall–Kier alpha value is -2.42. The summed E-state index contributed by atoms with van der Waals surface area (Å²) in [6.45, 7) is 1.10. The van der Waals surface area contributed by atoms with Crippen molar-refractivity contribution in [2.75, 3.05) is 13.2 Å². The van der Waals surface area contributed by atoms with Gasteiger partial charge in [-0.3, -0.25) is 14.9 Å². The minimum atomic E-state index is -0.548. The SMILES string of the molecule is O=c1[nH]c2cc(Cl)c([N+](=O)[O-])cc2c(OCCC2CCCO2)c1-c1cccs1. The summed E-state index contributed by atoms with van der Waals surface area (Å²) < 4.78 is 11.7. The summed E-state index contributed by atoms with van der Waals surface area (Å²) >= 11 is 7.41. The number of nitrogens with zero attached hydrogens (tertiary/aromatic N) is 1. The van der Waals surface area contributed by atoms with Gasteiger partial charge in [0, 0.05) is 29.4 Å². The van der Waals surface area contributed by atoms with Gasteiger partial charge >= 0.3 is 0 Å². The molecular formula is C19H17ClN2O5S. The highest BCUT2D eigenvalue weighted by Gasteiger charge is 2.22. The van der Waals surface area contributed by atoms with Gasteiger partial charge in [0.25, 0.3) is 11.2 Å². The van der Waals surface area contributed by atoms with Gasteiger partial charge in [-0.15, -0.1) is 11.3 Å². The van der Waals surface area contributed by atoms with E-state index in [9.17, 15) is 14.9 Å². The topological polar surface area (TPSA) is 94.5 Å². The molecule has 0 amide bonds. The predicted molar refractivity (Wildman–Crippen MR) is 109 cm³/mol. The zero-order valence-corrected chi connectivity index (χ0v) is 16.3. The van der Waals surface area contributed by atoms with Crippen LogP contribution in [0.2, 0.25) is 5.02 Å². The van der Waals surface area contributed by atoms with Gasteiger partial charge < -0.3 is 14.5 Å². The van der Waals surface area contributed by atoms with Crippen LogP contribution in [0.25, 0.3) is 21.3 Å². The van der Waals surface area contributed by atoms with Gasteiger partial charge in [-0.1, -0.05) is 17.7 Å². The van der Waals surface area contributed by atoms with Gasteiger partial charge in [-0.25, -0.2) is 0 Å². The smallest absolute Gasteiger partial charge is 0.288 e. The summed E-state index contributed by atoms with van der Waals surface area (Å²) in [6, 6.07) is 6.40. The number of pyridine rings is 1. The number of hydrogen-bond donors (Lipinski definition) is 1. The fraction of sp³-hybridized carbons (Fsp3) is 0.316. The third kappa shape index (κ3) is 3.63. The van der Waals surface area contributed by atoms with Crippen LogP contribution in [0, 0.1) is 10.1 Å². The van der Waals surface area contributed by atoms with Crippen molar-refractivity contribution in [3.05, 3.63) is 55.1 Å². The molecule has 0 bridgehead atoms. The lowest BCUT2D eigenvalue weighted by Gasteiger charge is -2.15. The minimum absolute atomic E-state index is 0.0395. The third-order valence-electron chi connectivity index (χ3n) is 4.71. The summed E-state index contributed by atoms with van der Waals surface area (Å²) in [6.07, 6.45) is 2.85. The van der Waals surface area contributed by atoms with Crippen LogP contribution in [0.1, 0.15) is 19.3 Å². The van der Waals surface area contributed by atoms with Gasteiger partial charge in [0.1, 0.15) is 10.8 Å². The first-order valence-corrected chi connectivity index (χ1v) is 10.1. The molecule has 1 N–H and O–H groups in total. The fourth-order valence-electron chi connectivity index (χ4n) is 3.37. The van der Waals surface area contributed by atoms with Crippen LogP contribution in [0.15, 0.2) is 34.4 Å².